The highest BCUT2D eigenvalue weighted by molar-refractivity contribution is 9.10. The highest BCUT2D eigenvalue weighted by atomic mass is 79.9. The second-order valence-electron chi connectivity index (χ2n) is 5.77. The molecule has 136 valence electrons. The van der Waals surface area contributed by atoms with Crippen molar-refractivity contribution >= 4 is 50.7 Å². The van der Waals surface area contributed by atoms with Crippen LogP contribution in [0.2, 0.25) is 0 Å². The lowest BCUT2D eigenvalue weighted by atomic mass is 10.2. The monoisotopic (exact) mass is 436 g/mol. The number of esters is 1. The van der Waals surface area contributed by atoms with E-state index in [1.165, 1.54) is 16.2 Å². The SMILES string of the molecule is O=C(COC(=O)[C@@H]1CCCN1C(=O)c1cccs1)Nc1ccccc1Br. The van der Waals surface area contributed by atoms with E-state index >= 15 is 0 Å². The summed E-state index contributed by atoms with van der Waals surface area (Å²) >= 11 is 4.68. The number of nitrogens with zero attached hydrogens (tertiary/aromatic N) is 1. The van der Waals surface area contributed by atoms with E-state index in [9.17, 15) is 14.4 Å². The van der Waals surface area contributed by atoms with Crippen LogP contribution in [0.1, 0.15) is 22.5 Å². The van der Waals surface area contributed by atoms with Gasteiger partial charge in [-0.3, -0.25) is 9.59 Å². The Bertz CT molecular complexity index is 809. The molecule has 26 heavy (non-hydrogen) atoms. The molecule has 2 heterocycles. The molecule has 0 spiro atoms. The first-order chi connectivity index (χ1) is 12.6. The van der Waals surface area contributed by atoms with Crippen molar-refractivity contribution in [2.24, 2.45) is 0 Å². The minimum atomic E-state index is -0.638. The fourth-order valence-corrected chi connectivity index (χ4v) is 3.84. The summed E-state index contributed by atoms with van der Waals surface area (Å²) in [4.78, 5) is 39.0. The third-order valence-corrected chi connectivity index (χ3v) is 5.56. The minimum Gasteiger partial charge on any atom is -0.454 e. The number of hydrogen-bond acceptors (Lipinski definition) is 5. The molecule has 1 saturated heterocycles. The molecule has 2 amide bonds. The van der Waals surface area contributed by atoms with Crippen molar-refractivity contribution in [1.82, 2.24) is 4.90 Å². The standard InChI is InChI=1S/C18H17BrN2O4S/c19-12-5-1-2-6-13(12)20-16(22)11-25-18(24)14-7-3-9-21(14)17(23)15-8-4-10-26-15/h1-2,4-6,8,10,14H,3,7,9,11H2,(H,20,22)/t14-/m0/s1. The Morgan fingerprint density at radius 2 is 2.04 bits per heavy atom. The average molecular weight is 437 g/mol. The van der Waals surface area contributed by atoms with Crippen LogP contribution in [-0.4, -0.2) is 41.9 Å². The molecule has 1 fully saturated rings. The van der Waals surface area contributed by atoms with Crippen molar-refractivity contribution in [3.63, 3.8) is 0 Å². The van der Waals surface area contributed by atoms with Gasteiger partial charge in [-0.25, -0.2) is 4.79 Å². The van der Waals surface area contributed by atoms with Gasteiger partial charge in [0.1, 0.15) is 6.04 Å². The van der Waals surface area contributed by atoms with Crippen molar-refractivity contribution in [2.75, 3.05) is 18.5 Å². The van der Waals surface area contributed by atoms with Gasteiger partial charge in [0.25, 0.3) is 11.8 Å². The van der Waals surface area contributed by atoms with E-state index in [2.05, 4.69) is 21.2 Å². The van der Waals surface area contributed by atoms with Crippen LogP contribution < -0.4 is 5.32 Å². The van der Waals surface area contributed by atoms with Crippen LogP contribution in [0.4, 0.5) is 5.69 Å². The molecule has 8 heteroatoms. The third kappa shape index (κ3) is 4.31. The van der Waals surface area contributed by atoms with Crippen molar-refractivity contribution < 1.29 is 19.1 Å². The Hall–Kier alpha value is -2.19. The molecule has 1 atom stereocenters. The van der Waals surface area contributed by atoms with E-state index in [4.69, 9.17) is 4.74 Å². The summed E-state index contributed by atoms with van der Waals surface area (Å²) in [6.07, 6.45) is 1.28. The van der Waals surface area contributed by atoms with E-state index in [1.54, 1.807) is 30.3 Å². The lowest BCUT2D eigenvalue weighted by molar-refractivity contribution is -0.151. The molecule has 1 aliphatic rings. The topological polar surface area (TPSA) is 75.7 Å². The number of nitrogens with one attached hydrogen (secondary N) is 1. The second-order valence-corrected chi connectivity index (χ2v) is 7.57. The maximum Gasteiger partial charge on any atom is 0.329 e. The van der Waals surface area contributed by atoms with Gasteiger partial charge in [0.05, 0.1) is 10.6 Å². The Labute approximate surface area is 163 Å². The summed E-state index contributed by atoms with van der Waals surface area (Å²) in [6, 6.07) is 10.1. The molecule has 0 radical (unpaired) electrons. The van der Waals surface area contributed by atoms with Gasteiger partial charge >= 0.3 is 5.97 Å². The first kappa shape index (κ1) is 18.6. The number of carbonyl (C=O) groups excluding carboxylic acids is 3. The molecule has 0 unspecified atom stereocenters. The minimum absolute atomic E-state index is 0.169. The van der Waals surface area contributed by atoms with Crippen LogP contribution in [0.5, 0.6) is 0 Å². The number of amides is 2. The number of carbonyl (C=O) groups is 3. The third-order valence-electron chi connectivity index (χ3n) is 4.01. The Morgan fingerprint density at radius 1 is 1.23 bits per heavy atom. The van der Waals surface area contributed by atoms with E-state index in [0.717, 1.165) is 10.9 Å². The Morgan fingerprint density at radius 3 is 2.77 bits per heavy atom. The van der Waals surface area contributed by atoms with Crippen molar-refractivity contribution in [3.8, 4) is 0 Å². The zero-order valence-corrected chi connectivity index (χ0v) is 16.2. The summed E-state index contributed by atoms with van der Waals surface area (Å²) in [5.74, 6) is -1.15. The summed E-state index contributed by atoms with van der Waals surface area (Å²) in [5, 5.41) is 4.49. The lowest BCUT2D eigenvalue weighted by Crippen LogP contribution is -2.41. The number of likely N-dealkylation sites (tertiary alicyclic amines) is 1. The highest BCUT2D eigenvalue weighted by Crippen LogP contribution is 2.23. The largest absolute Gasteiger partial charge is 0.454 e. The van der Waals surface area contributed by atoms with E-state index in [1.807, 2.05) is 11.4 Å². The smallest absolute Gasteiger partial charge is 0.329 e. The number of benzene rings is 1. The molecule has 1 aromatic heterocycles. The fourth-order valence-electron chi connectivity index (χ4n) is 2.78. The fraction of sp³-hybridized carbons (Fsp3) is 0.278. The van der Waals surface area contributed by atoms with E-state index < -0.39 is 24.5 Å². The Balaban J connectivity index is 1.55. The van der Waals surface area contributed by atoms with Gasteiger partial charge in [0.15, 0.2) is 6.61 Å². The number of ether oxygens (including phenoxy) is 1. The van der Waals surface area contributed by atoms with Crippen molar-refractivity contribution in [1.29, 1.82) is 0 Å². The molecular formula is C18H17BrN2O4S. The maximum absolute atomic E-state index is 12.5. The van der Waals surface area contributed by atoms with Gasteiger partial charge in [-0.2, -0.15) is 0 Å². The predicted octanol–water partition coefficient (Wildman–Crippen LogP) is 3.30. The van der Waals surface area contributed by atoms with Crippen molar-refractivity contribution in [2.45, 2.75) is 18.9 Å². The van der Waals surface area contributed by atoms with Gasteiger partial charge in [-0.05, 0) is 52.4 Å². The second kappa shape index (κ2) is 8.46. The number of halogens is 1. The zero-order valence-electron chi connectivity index (χ0n) is 13.8. The van der Waals surface area contributed by atoms with Gasteiger partial charge in [-0.15, -0.1) is 11.3 Å². The molecular weight excluding hydrogens is 420 g/mol. The maximum atomic E-state index is 12.5. The first-order valence-electron chi connectivity index (χ1n) is 8.12. The van der Waals surface area contributed by atoms with Crippen LogP contribution in [0.15, 0.2) is 46.3 Å². The number of hydrogen-bond donors (Lipinski definition) is 1. The van der Waals surface area contributed by atoms with Crippen LogP contribution in [-0.2, 0) is 14.3 Å². The molecule has 1 N–H and O–H groups in total. The van der Waals surface area contributed by atoms with Gasteiger partial charge in [-0.1, -0.05) is 18.2 Å². The number of anilines is 1. The predicted molar refractivity (Wildman–Crippen MR) is 102 cm³/mol. The molecule has 1 aromatic carbocycles. The number of para-hydroxylation sites is 1. The lowest BCUT2D eigenvalue weighted by Gasteiger charge is -2.22. The van der Waals surface area contributed by atoms with Crippen LogP contribution in [0.3, 0.4) is 0 Å². The van der Waals surface area contributed by atoms with E-state index in [0.29, 0.717) is 23.5 Å². The quantitative estimate of drug-likeness (QED) is 0.729. The summed E-state index contributed by atoms with van der Waals surface area (Å²) in [5.41, 5.74) is 0.601. The van der Waals surface area contributed by atoms with Crippen LogP contribution in [0, 0.1) is 0 Å². The zero-order chi connectivity index (χ0) is 18.5. The normalized spacial score (nSPS) is 16.3. The summed E-state index contributed by atoms with van der Waals surface area (Å²) < 4.78 is 5.88. The molecule has 1 aliphatic heterocycles. The van der Waals surface area contributed by atoms with Crippen molar-refractivity contribution in [3.05, 3.63) is 51.1 Å². The Kier molecular flexibility index (Phi) is 6.05. The molecule has 2 aromatic rings. The van der Waals surface area contributed by atoms with Gasteiger partial charge in [0, 0.05) is 11.0 Å². The van der Waals surface area contributed by atoms with Crippen LogP contribution >= 0.6 is 27.3 Å². The number of rotatable bonds is 5. The average Bonchev–Trinajstić information content (AvgIpc) is 3.33. The van der Waals surface area contributed by atoms with Gasteiger partial charge in [0.2, 0.25) is 0 Å². The molecule has 0 bridgehead atoms. The summed E-state index contributed by atoms with van der Waals surface area (Å²) in [7, 11) is 0. The molecule has 0 saturated carbocycles. The van der Waals surface area contributed by atoms with Gasteiger partial charge < -0.3 is 15.0 Å². The molecule has 6 nitrogen and oxygen atoms in total. The number of thiophene rings is 1. The van der Waals surface area contributed by atoms with Crippen LogP contribution in [0.25, 0.3) is 0 Å². The van der Waals surface area contributed by atoms with E-state index in [-0.39, 0.29) is 5.91 Å². The summed E-state index contributed by atoms with van der Waals surface area (Å²) in [6.45, 7) is 0.122. The first-order valence-corrected chi connectivity index (χ1v) is 9.79. The molecule has 3 rings (SSSR count). The highest BCUT2D eigenvalue weighted by Gasteiger charge is 2.36. The molecule has 0 aliphatic carbocycles.